The van der Waals surface area contributed by atoms with Crippen LogP contribution in [0.1, 0.15) is 41.7 Å². The second-order valence-electron chi connectivity index (χ2n) is 11.8. The Kier molecular flexibility index (Phi) is 9.52. The first-order valence-corrected chi connectivity index (χ1v) is 15.9. The van der Waals surface area contributed by atoms with Gasteiger partial charge in [0, 0.05) is 49.6 Å². The van der Waals surface area contributed by atoms with Gasteiger partial charge in [0.1, 0.15) is 6.04 Å². The number of nitrogens with one attached hydrogen (secondary N) is 2. The molecule has 0 spiro atoms. The molecule has 1 atom stereocenters. The normalized spacial score (nSPS) is 19.2. The fourth-order valence-electron chi connectivity index (χ4n) is 6.19. The van der Waals surface area contributed by atoms with Gasteiger partial charge >= 0.3 is 18.2 Å². The number of thiophene rings is 1. The van der Waals surface area contributed by atoms with Gasteiger partial charge in [-0.3, -0.25) is 4.79 Å². The first-order valence-electron chi connectivity index (χ1n) is 14.6. The van der Waals surface area contributed by atoms with Crippen LogP contribution in [0.5, 0.6) is 0 Å². The molecule has 15 heteroatoms. The van der Waals surface area contributed by atoms with E-state index in [1.807, 2.05) is 25.5 Å². The van der Waals surface area contributed by atoms with Crippen molar-refractivity contribution in [2.75, 3.05) is 51.3 Å². The molecule has 5 amide bonds. The maximum absolute atomic E-state index is 13.8. The van der Waals surface area contributed by atoms with Crippen LogP contribution in [0.2, 0.25) is 5.02 Å². The summed E-state index contributed by atoms with van der Waals surface area (Å²) in [6, 6.07) is 2.59. The highest BCUT2D eigenvalue weighted by molar-refractivity contribution is 7.10. The Labute approximate surface area is 263 Å². The number of halogens is 4. The summed E-state index contributed by atoms with van der Waals surface area (Å²) < 4.78 is 41.0. The Morgan fingerprint density at radius 1 is 1.14 bits per heavy atom. The van der Waals surface area contributed by atoms with Crippen molar-refractivity contribution in [1.29, 1.82) is 0 Å². The number of carbonyl (C=O) groups excluding carboxylic acids is 3. The van der Waals surface area contributed by atoms with Gasteiger partial charge in [0.25, 0.3) is 0 Å². The Morgan fingerprint density at radius 2 is 1.80 bits per heavy atom. The number of likely N-dealkylation sites (tertiary alicyclic amines) is 2. The Balaban J connectivity index is 1.28. The highest BCUT2D eigenvalue weighted by Crippen LogP contribution is 2.38. The molecule has 5 rings (SSSR count). The SMILES string of the molecule is CN(C)C1CCN(C(=O)[C@@H](Cc2cc(Cl)c(N)c(C(F)(F)F)c2)NC(=O)N2CCC(N3Cc4sccc4NC3=O)CC2)CC1. The lowest BCUT2D eigenvalue weighted by atomic mass is 9.98. The van der Waals surface area contributed by atoms with E-state index >= 15 is 0 Å². The van der Waals surface area contributed by atoms with Gasteiger partial charge in [-0.15, -0.1) is 11.3 Å². The van der Waals surface area contributed by atoms with E-state index in [9.17, 15) is 27.6 Å². The van der Waals surface area contributed by atoms with E-state index in [4.69, 9.17) is 17.3 Å². The number of nitrogens with zero attached hydrogens (tertiary/aromatic N) is 4. The molecule has 2 aromatic rings. The smallest absolute Gasteiger partial charge is 0.397 e. The van der Waals surface area contributed by atoms with E-state index in [0.29, 0.717) is 51.6 Å². The van der Waals surface area contributed by atoms with Crippen LogP contribution in [0.25, 0.3) is 0 Å². The molecule has 240 valence electrons. The number of piperidine rings is 2. The van der Waals surface area contributed by atoms with Crippen LogP contribution in [-0.2, 0) is 23.9 Å². The molecule has 3 aliphatic rings. The summed E-state index contributed by atoms with van der Waals surface area (Å²) in [7, 11) is 3.96. The second-order valence-corrected chi connectivity index (χ2v) is 13.2. The van der Waals surface area contributed by atoms with E-state index in [1.165, 1.54) is 6.07 Å². The van der Waals surface area contributed by atoms with E-state index in [1.54, 1.807) is 26.0 Å². The quantitative estimate of drug-likeness (QED) is 0.391. The Hall–Kier alpha value is -3.23. The monoisotopic (exact) mass is 655 g/mol. The fraction of sp³-hybridized carbons (Fsp3) is 0.552. The van der Waals surface area contributed by atoms with Crippen LogP contribution < -0.4 is 16.4 Å². The molecular weight excluding hydrogens is 619 g/mol. The molecule has 1 aromatic carbocycles. The summed E-state index contributed by atoms with van der Waals surface area (Å²) in [6.45, 7) is 2.18. The van der Waals surface area contributed by atoms with Crippen molar-refractivity contribution in [2.45, 2.75) is 63.0 Å². The third-order valence-electron chi connectivity index (χ3n) is 8.79. The van der Waals surface area contributed by atoms with Crippen molar-refractivity contribution in [3.8, 4) is 0 Å². The Morgan fingerprint density at radius 3 is 2.43 bits per heavy atom. The highest BCUT2D eigenvalue weighted by atomic mass is 35.5. The number of anilines is 2. The van der Waals surface area contributed by atoms with E-state index in [2.05, 4.69) is 15.5 Å². The fourth-order valence-corrected chi connectivity index (χ4v) is 7.26. The lowest BCUT2D eigenvalue weighted by molar-refractivity contribution is -0.137. The van der Waals surface area contributed by atoms with Crippen LogP contribution in [0.4, 0.5) is 34.1 Å². The maximum atomic E-state index is 13.8. The molecule has 2 saturated heterocycles. The summed E-state index contributed by atoms with van der Waals surface area (Å²) in [6.07, 6.45) is -2.32. The molecule has 0 saturated carbocycles. The number of fused-ring (bicyclic) bond motifs is 1. The van der Waals surface area contributed by atoms with Crippen molar-refractivity contribution in [2.24, 2.45) is 0 Å². The molecule has 2 fully saturated rings. The number of benzene rings is 1. The maximum Gasteiger partial charge on any atom is 0.418 e. The predicted molar refractivity (Wildman–Crippen MR) is 164 cm³/mol. The molecule has 4 N–H and O–H groups in total. The first kappa shape index (κ1) is 32.2. The number of amides is 5. The number of carbonyl (C=O) groups is 3. The minimum absolute atomic E-state index is 0.0533. The van der Waals surface area contributed by atoms with Gasteiger partial charge in [0.15, 0.2) is 0 Å². The minimum Gasteiger partial charge on any atom is -0.397 e. The predicted octanol–water partition coefficient (Wildman–Crippen LogP) is 4.69. The van der Waals surface area contributed by atoms with E-state index in [-0.39, 0.29) is 35.0 Å². The van der Waals surface area contributed by atoms with Crippen LogP contribution >= 0.6 is 22.9 Å². The largest absolute Gasteiger partial charge is 0.418 e. The van der Waals surface area contributed by atoms with Gasteiger partial charge in [-0.2, -0.15) is 13.2 Å². The average molecular weight is 656 g/mol. The van der Waals surface area contributed by atoms with Crippen LogP contribution in [-0.4, -0.2) is 96.0 Å². The van der Waals surface area contributed by atoms with Gasteiger partial charge in [-0.05, 0) is 68.9 Å². The topological polar surface area (TPSA) is 114 Å². The molecule has 0 unspecified atom stereocenters. The molecular formula is C29H37ClF3N7O3S. The van der Waals surface area contributed by atoms with Crippen LogP contribution in [0, 0.1) is 0 Å². The standard InChI is InChI=1S/C29H37ClF3N7O3S/c1-37(2)18-3-8-38(9-4-18)26(41)23(15-17-13-20(29(31,32)33)25(34)21(30)14-17)36-27(42)39-10-5-19(6-11-39)40-16-24-22(7-12-44-24)35-28(40)43/h7,12-14,18-19,23H,3-6,8-11,15-16,34H2,1-2H3,(H,35,43)(H,36,42)/t23-/m1/s1. The average Bonchev–Trinajstić information content (AvgIpc) is 3.44. The van der Waals surface area contributed by atoms with Crippen molar-refractivity contribution in [3.63, 3.8) is 0 Å². The molecule has 1 aromatic heterocycles. The van der Waals surface area contributed by atoms with Crippen LogP contribution in [0.15, 0.2) is 23.6 Å². The minimum atomic E-state index is -4.73. The number of hydrogen-bond donors (Lipinski definition) is 3. The second kappa shape index (κ2) is 13.0. The van der Waals surface area contributed by atoms with Gasteiger partial charge in [0.2, 0.25) is 5.91 Å². The summed E-state index contributed by atoms with van der Waals surface area (Å²) in [4.78, 5) is 48.1. The summed E-state index contributed by atoms with van der Waals surface area (Å²) >= 11 is 7.65. The lowest BCUT2D eigenvalue weighted by Crippen LogP contribution is -2.57. The Bertz CT molecular complexity index is 1390. The molecule has 3 aliphatic heterocycles. The number of hydrogen-bond acceptors (Lipinski definition) is 6. The molecule has 4 heterocycles. The summed E-state index contributed by atoms with van der Waals surface area (Å²) in [5.74, 6) is -0.358. The lowest BCUT2D eigenvalue weighted by Gasteiger charge is -2.40. The van der Waals surface area contributed by atoms with Crippen molar-refractivity contribution in [1.82, 2.24) is 24.9 Å². The van der Waals surface area contributed by atoms with Gasteiger partial charge in [-0.25, -0.2) is 9.59 Å². The highest BCUT2D eigenvalue weighted by Gasteiger charge is 2.37. The van der Waals surface area contributed by atoms with Gasteiger partial charge < -0.3 is 36.0 Å². The third-order valence-corrected chi connectivity index (χ3v) is 10.0. The molecule has 44 heavy (non-hydrogen) atoms. The molecule has 10 nitrogen and oxygen atoms in total. The zero-order valence-electron chi connectivity index (χ0n) is 24.6. The number of urea groups is 2. The molecule has 0 radical (unpaired) electrons. The van der Waals surface area contributed by atoms with Crippen molar-refractivity contribution < 1.29 is 27.6 Å². The molecule has 0 bridgehead atoms. The summed E-state index contributed by atoms with van der Waals surface area (Å²) in [5.41, 5.74) is 4.93. The van der Waals surface area contributed by atoms with Gasteiger partial charge in [0.05, 0.1) is 28.5 Å². The number of rotatable bonds is 6. The van der Waals surface area contributed by atoms with E-state index < -0.39 is 29.5 Å². The summed E-state index contributed by atoms with van der Waals surface area (Å²) in [5, 5.41) is 7.40. The van der Waals surface area contributed by atoms with Crippen molar-refractivity contribution in [3.05, 3.63) is 44.6 Å². The number of alkyl halides is 3. The number of nitrogens with two attached hydrogens (primary N) is 1. The molecule has 0 aliphatic carbocycles. The first-order chi connectivity index (χ1) is 20.8. The number of nitrogen functional groups attached to an aromatic ring is 1. The van der Waals surface area contributed by atoms with E-state index in [0.717, 1.165) is 29.5 Å². The zero-order valence-corrected chi connectivity index (χ0v) is 26.2. The van der Waals surface area contributed by atoms with Crippen LogP contribution in [0.3, 0.4) is 0 Å². The third kappa shape index (κ3) is 7.02. The van der Waals surface area contributed by atoms with Gasteiger partial charge in [-0.1, -0.05) is 11.6 Å². The zero-order chi connectivity index (χ0) is 31.8. The van der Waals surface area contributed by atoms with Crippen molar-refractivity contribution >= 4 is 52.3 Å².